The zero-order valence-corrected chi connectivity index (χ0v) is 11.2. The lowest BCUT2D eigenvalue weighted by atomic mass is 10.3. The Morgan fingerprint density at radius 2 is 2.45 bits per heavy atom. The number of aliphatic hydroxyl groups is 1. The number of ether oxygens (including phenoxy) is 1. The highest BCUT2D eigenvalue weighted by Gasteiger charge is 2.25. The molecule has 1 aliphatic rings. The molecule has 1 amide bonds. The van der Waals surface area contributed by atoms with Crippen LogP contribution in [0.1, 0.15) is 6.42 Å². The predicted molar refractivity (Wildman–Crippen MR) is 72.3 cm³/mol. The van der Waals surface area contributed by atoms with Crippen molar-refractivity contribution in [3.8, 4) is 5.88 Å². The van der Waals surface area contributed by atoms with Gasteiger partial charge in [0, 0.05) is 19.6 Å². The summed E-state index contributed by atoms with van der Waals surface area (Å²) in [6.07, 6.45) is 3.91. The van der Waals surface area contributed by atoms with E-state index in [2.05, 4.69) is 15.3 Å². The van der Waals surface area contributed by atoms with E-state index in [1.165, 1.54) is 0 Å². The predicted octanol–water partition coefficient (Wildman–Crippen LogP) is -1.18. The zero-order valence-electron chi connectivity index (χ0n) is 11.2. The first kappa shape index (κ1) is 14.5. The summed E-state index contributed by atoms with van der Waals surface area (Å²) in [6, 6.07) is 0. The number of hydrogen-bond acceptors (Lipinski definition) is 7. The molecule has 20 heavy (non-hydrogen) atoms. The van der Waals surface area contributed by atoms with Crippen molar-refractivity contribution >= 4 is 11.7 Å². The van der Waals surface area contributed by atoms with Crippen molar-refractivity contribution < 1.29 is 14.6 Å². The van der Waals surface area contributed by atoms with Crippen LogP contribution >= 0.6 is 0 Å². The summed E-state index contributed by atoms with van der Waals surface area (Å²) in [5.74, 6) is 0.656. The van der Waals surface area contributed by atoms with Crippen molar-refractivity contribution in [2.75, 3.05) is 38.1 Å². The van der Waals surface area contributed by atoms with E-state index in [0.717, 1.165) is 13.0 Å². The minimum absolute atomic E-state index is 0.0169. The Morgan fingerprint density at radius 3 is 3.20 bits per heavy atom. The van der Waals surface area contributed by atoms with Gasteiger partial charge in [0.05, 0.1) is 25.5 Å². The van der Waals surface area contributed by atoms with Crippen LogP contribution < -0.4 is 15.8 Å². The summed E-state index contributed by atoms with van der Waals surface area (Å²) in [5.41, 5.74) is 5.16. The van der Waals surface area contributed by atoms with E-state index >= 15 is 0 Å². The summed E-state index contributed by atoms with van der Waals surface area (Å²) in [5, 5.41) is 11.7. The Kier molecular flexibility index (Phi) is 5.08. The van der Waals surface area contributed by atoms with Gasteiger partial charge in [-0.25, -0.2) is 0 Å². The summed E-state index contributed by atoms with van der Waals surface area (Å²) in [4.78, 5) is 21.1. The smallest absolute Gasteiger partial charge is 0.234 e. The van der Waals surface area contributed by atoms with Crippen LogP contribution in [-0.2, 0) is 4.79 Å². The minimum atomic E-state index is -0.333. The first-order chi connectivity index (χ1) is 9.67. The molecule has 110 valence electrons. The molecule has 0 radical (unpaired) electrons. The average Bonchev–Trinajstić information content (AvgIpc) is 2.83. The van der Waals surface area contributed by atoms with Crippen molar-refractivity contribution in [1.82, 2.24) is 14.9 Å². The lowest BCUT2D eigenvalue weighted by Gasteiger charge is -2.15. The highest BCUT2D eigenvalue weighted by atomic mass is 16.5. The maximum atomic E-state index is 10.9. The van der Waals surface area contributed by atoms with Gasteiger partial charge in [-0.15, -0.1) is 0 Å². The fourth-order valence-electron chi connectivity index (χ4n) is 2.10. The van der Waals surface area contributed by atoms with Gasteiger partial charge in [0.2, 0.25) is 11.8 Å². The Hall–Kier alpha value is -1.93. The number of nitrogens with one attached hydrogen (secondary N) is 1. The average molecular weight is 281 g/mol. The van der Waals surface area contributed by atoms with Crippen LogP contribution in [0, 0.1) is 0 Å². The largest absolute Gasteiger partial charge is 0.472 e. The topological polar surface area (TPSA) is 114 Å². The standard InChI is InChI=1S/C12H19N5O3/c13-10(19)8-17-3-1-9(7-17)20-12-6-14-5-11(16-12)15-2-4-18/h5-6,9,18H,1-4,7-8H2,(H2,13,19)(H,15,16). The second-order valence-electron chi connectivity index (χ2n) is 4.62. The lowest BCUT2D eigenvalue weighted by Crippen LogP contribution is -2.33. The third-order valence-electron chi connectivity index (χ3n) is 2.93. The highest BCUT2D eigenvalue weighted by Crippen LogP contribution is 2.16. The Labute approximate surface area is 117 Å². The molecule has 0 bridgehead atoms. The Bertz CT molecular complexity index is 456. The van der Waals surface area contributed by atoms with Crippen molar-refractivity contribution in [2.45, 2.75) is 12.5 Å². The third-order valence-corrected chi connectivity index (χ3v) is 2.93. The number of anilines is 1. The quantitative estimate of drug-likeness (QED) is 0.576. The van der Waals surface area contributed by atoms with Crippen LogP contribution in [0.15, 0.2) is 12.4 Å². The second-order valence-corrected chi connectivity index (χ2v) is 4.62. The lowest BCUT2D eigenvalue weighted by molar-refractivity contribution is -0.118. The van der Waals surface area contributed by atoms with Crippen LogP contribution in [0.3, 0.4) is 0 Å². The van der Waals surface area contributed by atoms with Crippen molar-refractivity contribution in [3.63, 3.8) is 0 Å². The van der Waals surface area contributed by atoms with Gasteiger partial charge in [0.15, 0.2) is 0 Å². The monoisotopic (exact) mass is 281 g/mol. The normalized spacial score (nSPS) is 18.9. The molecule has 0 spiro atoms. The summed E-state index contributed by atoms with van der Waals surface area (Å²) >= 11 is 0. The molecule has 1 unspecified atom stereocenters. The van der Waals surface area contributed by atoms with Gasteiger partial charge in [-0.1, -0.05) is 0 Å². The van der Waals surface area contributed by atoms with Crippen LogP contribution in [0.25, 0.3) is 0 Å². The number of carbonyl (C=O) groups is 1. The number of nitrogens with two attached hydrogens (primary N) is 1. The van der Waals surface area contributed by atoms with E-state index in [0.29, 0.717) is 24.8 Å². The number of nitrogens with zero attached hydrogens (tertiary/aromatic N) is 3. The number of amides is 1. The van der Waals surface area contributed by atoms with Crippen molar-refractivity contribution in [2.24, 2.45) is 5.73 Å². The van der Waals surface area contributed by atoms with Gasteiger partial charge in [-0.05, 0) is 6.42 Å². The van der Waals surface area contributed by atoms with E-state index in [1.807, 2.05) is 4.90 Å². The molecular weight excluding hydrogens is 262 g/mol. The molecule has 2 rings (SSSR count). The van der Waals surface area contributed by atoms with Gasteiger partial charge >= 0.3 is 0 Å². The first-order valence-electron chi connectivity index (χ1n) is 6.51. The van der Waals surface area contributed by atoms with Crippen molar-refractivity contribution in [3.05, 3.63) is 12.4 Å². The van der Waals surface area contributed by atoms with Gasteiger partial charge in [-0.3, -0.25) is 14.7 Å². The van der Waals surface area contributed by atoms with Gasteiger partial charge in [0.1, 0.15) is 11.9 Å². The molecule has 1 aromatic heterocycles. The molecule has 8 nitrogen and oxygen atoms in total. The van der Waals surface area contributed by atoms with E-state index in [4.69, 9.17) is 15.6 Å². The molecule has 1 atom stereocenters. The molecule has 1 fully saturated rings. The van der Waals surface area contributed by atoms with Gasteiger partial charge < -0.3 is 20.9 Å². The molecule has 4 N–H and O–H groups in total. The number of carbonyl (C=O) groups excluding carboxylic acids is 1. The van der Waals surface area contributed by atoms with Gasteiger partial charge in [0.25, 0.3) is 0 Å². The number of aliphatic hydroxyl groups excluding tert-OH is 1. The zero-order chi connectivity index (χ0) is 14.4. The maximum Gasteiger partial charge on any atom is 0.234 e. The summed E-state index contributed by atoms with van der Waals surface area (Å²) in [6.45, 7) is 2.12. The molecule has 0 aromatic carbocycles. The van der Waals surface area contributed by atoms with Crippen LogP contribution in [0.2, 0.25) is 0 Å². The fourth-order valence-corrected chi connectivity index (χ4v) is 2.10. The molecule has 1 aliphatic heterocycles. The van der Waals surface area contributed by atoms with Crippen LogP contribution in [0.5, 0.6) is 5.88 Å². The molecular formula is C12H19N5O3. The molecule has 1 aromatic rings. The van der Waals surface area contributed by atoms with E-state index in [9.17, 15) is 4.79 Å². The highest BCUT2D eigenvalue weighted by molar-refractivity contribution is 5.75. The van der Waals surface area contributed by atoms with Crippen LogP contribution in [-0.4, -0.2) is 64.8 Å². The van der Waals surface area contributed by atoms with E-state index < -0.39 is 0 Å². The number of primary amides is 1. The molecule has 0 aliphatic carbocycles. The number of likely N-dealkylation sites (tertiary alicyclic amines) is 1. The summed E-state index contributed by atoms with van der Waals surface area (Å²) < 4.78 is 5.74. The fraction of sp³-hybridized carbons (Fsp3) is 0.583. The molecule has 0 saturated carbocycles. The number of rotatable bonds is 7. The second kappa shape index (κ2) is 7.01. The maximum absolute atomic E-state index is 10.9. The van der Waals surface area contributed by atoms with E-state index in [-0.39, 0.29) is 25.2 Å². The SMILES string of the molecule is NC(=O)CN1CCC(Oc2cncc(NCCO)n2)C1. The van der Waals surface area contributed by atoms with Crippen molar-refractivity contribution in [1.29, 1.82) is 0 Å². The van der Waals surface area contributed by atoms with Crippen LogP contribution in [0.4, 0.5) is 5.82 Å². The van der Waals surface area contributed by atoms with Gasteiger partial charge in [-0.2, -0.15) is 4.98 Å². The Balaban J connectivity index is 1.86. The molecule has 1 saturated heterocycles. The Morgan fingerprint density at radius 1 is 1.60 bits per heavy atom. The third kappa shape index (κ3) is 4.32. The first-order valence-corrected chi connectivity index (χ1v) is 6.51. The number of aromatic nitrogens is 2. The number of hydrogen-bond donors (Lipinski definition) is 3. The molecule has 8 heteroatoms. The minimum Gasteiger partial charge on any atom is -0.472 e. The summed E-state index contributed by atoms with van der Waals surface area (Å²) in [7, 11) is 0. The van der Waals surface area contributed by atoms with E-state index in [1.54, 1.807) is 12.4 Å². The molecule has 2 heterocycles.